The molecule has 5 aliphatic rings. The summed E-state index contributed by atoms with van der Waals surface area (Å²) in [6.45, 7) is 12.7. The molecule has 0 bridgehead atoms. The molecule has 5 rings (SSSR count). The Kier molecular flexibility index (Phi) is 6.15. The Morgan fingerprint density at radius 2 is 1.67 bits per heavy atom. The maximum atomic E-state index is 12.2. The van der Waals surface area contributed by atoms with Gasteiger partial charge in [-0.25, -0.2) is 0 Å². The highest BCUT2D eigenvalue weighted by atomic mass is 16.7. The summed E-state index contributed by atoms with van der Waals surface area (Å²) in [4.78, 5) is 12.2. The lowest BCUT2D eigenvalue weighted by Gasteiger charge is -2.63. The molecule has 4 heteroatoms. The summed E-state index contributed by atoms with van der Waals surface area (Å²) in [5.41, 5.74) is 0.558. The van der Waals surface area contributed by atoms with Crippen molar-refractivity contribution in [3.63, 3.8) is 0 Å². The molecule has 1 heterocycles. The molecule has 4 saturated carbocycles. The molecular formula is C29H46O4. The predicted octanol–water partition coefficient (Wildman–Crippen LogP) is 5.78. The molecule has 0 aromatic carbocycles. The zero-order valence-corrected chi connectivity index (χ0v) is 21.5. The SMILES string of the molecule is CC(C)C(=O)/C=C/[C@@H](C)[C@H]1CCC2C3C(O)CC4CC5(CC[C@]4(C)C3CC[C@@]21C)OCCO5. The number of hydrogen-bond acceptors (Lipinski definition) is 4. The van der Waals surface area contributed by atoms with Crippen molar-refractivity contribution < 1.29 is 19.4 Å². The number of fused-ring (bicyclic) bond motifs is 5. The summed E-state index contributed by atoms with van der Waals surface area (Å²) >= 11 is 0. The van der Waals surface area contributed by atoms with Gasteiger partial charge in [0.25, 0.3) is 0 Å². The van der Waals surface area contributed by atoms with Gasteiger partial charge in [0, 0.05) is 18.8 Å². The van der Waals surface area contributed by atoms with Gasteiger partial charge in [-0.15, -0.1) is 0 Å². The maximum Gasteiger partial charge on any atom is 0.168 e. The normalized spacial score (nSPS) is 47.5. The predicted molar refractivity (Wildman–Crippen MR) is 129 cm³/mol. The highest BCUT2D eigenvalue weighted by Crippen LogP contribution is 2.69. The second kappa shape index (κ2) is 8.45. The van der Waals surface area contributed by atoms with Gasteiger partial charge in [-0.3, -0.25) is 4.79 Å². The smallest absolute Gasteiger partial charge is 0.168 e. The van der Waals surface area contributed by atoms with Crippen LogP contribution in [0.4, 0.5) is 0 Å². The van der Waals surface area contributed by atoms with E-state index in [0.717, 1.165) is 38.9 Å². The van der Waals surface area contributed by atoms with Crippen LogP contribution in [0.15, 0.2) is 12.2 Å². The number of ketones is 1. The Labute approximate surface area is 200 Å². The van der Waals surface area contributed by atoms with E-state index in [1.54, 1.807) is 0 Å². The molecule has 0 aromatic rings. The van der Waals surface area contributed by atoms with Gasteiger partial charge in [0.05, 0.1) is 19.3 Å². The quantitative estimate of drug-likeness (QED) is 0.543. The van der Waals surface area contributed by atoms with E-state index in [1.165, 1.54) is 25.7 Å². The lowest BCUT2D eigenvalue weighted by atomic mass is 9.43. The number of aliphatic hydroxyl groups is 1. The van der Waals surface area contributed by atoms with Crippen molar-refractivity contribution in [2.45, 2.75) is 97.9 Å². The van der Waals surface area contributed by atoms with Crippen LogP contribution in [-0.4, -0.2) is 36.0 Å². The number of hydrogen-bond donors (Lipinski definition) is 1. The molecule has 0 radical (unpaired) electrons. The van der Waals surface area contributed by atoms with Gasteiger partial charge in [-0.2, -0.15) is 0 Å². The van der Waals surface area contributed by atoms with Crippen LogP contribution in [-0.2, 0) is 14.3 Å². The number of ether oxygens (including phenoxy) is 2. The van der Waals surface area contributed by atoms with Crippen LogP contribution < -0.4 is 0 Å². The second-order valence-corrected chi connectivity index (χ2v) is 13.1. The molecule has 1 aliphatic heterocycles. The zero-order chi connectivity index (χ0) is 23.6. The van der Waals surface area contributed by atoms with E-state index in [-0.39, 0.29) is 29.0 Å². The van der Waals surface area contributed by atoms with Crippen molar-refractivity contribution in [2.75, 3.05) is 13.2 Å². The zero-order valence-electron chi connectivity index (χ0n) is 21.5. The van der Waals surface area contributed by atoms with Gasteiger partial charge in [-0.1, -0.05) is 40.7 Å². The van der Waals surface area contributed by atoms with Gasteiger partial charge in [0.2, 0.25) is 0 Å². The summed E-state index contributed by atoms with van der Waals surface area (Å²) in [6, 6.07) is 0. The van der Waals surface area contributed by atoms with Crippen LogP contribution in [0.3, 0.4) is 0 Å². The van der Waals surface area contributed by atoms with Gasteiger partial charge in [0.1, 0.15) is 0 Å². The van der Waals surface area contributed by atoms with E-state index in [1.807, 2.05) is 19.9 Å². The summed E-state index contributed by atoms with van der Waals surface area (Å²) < 4.78 is 12.2. The number of rotatable bonds is 4. The minimum absolute atomic E-state index is 0.0662. The lowest BCUT2D eigenvalue weighted by molar-refractivity contribution is -0.242. The van der Waals surface area contributed by atoms with E-state index in [4.69, 9.17) is 9.47 Å². The largest absolute Gasteiger partial charge is 0.393 e. The van der Waals surface area contributed by atoms with Crippen LogP contribution in [0.2, 0.25) is 0 Å². The number of allylic oxidation sites excluding steroid dienone is 2. The highest BCUT2D eigenvalue weighted by molar-refractivity contribution is 5.91. The van der Waals surface area contributed by atoms with Crippen molar-refractivity contribution in [2.24, 2.45) is 52.3 Å². The highest BCUT2D eigenvalue weighted by Gasteiger charge is 2.64. The minimum Gasteiger partial charge on any atom is -0.393 e. The van der Waals surface area contributed by atoms with Crippen molar-refractivity contribution in [1.82, 2.24) is 0 Å². The molecule has 1 spiro atoms. The van der Waals surface area contributed by atoms with Crippen LogP contribution in [0.5, 0.6) is 0 Å². The fraction of sp³-hybridized carbons (Fsp3) is 0.897. The standard InChI is InChI=1S/C29H46O4/c1-18(2)24(30)9-6-19(3)21-7-8-22-26-23(10-11-28(21,22)5)27(4)12-13-29(32-14-15-33-29)17-20(27)16-25(26)31/h6,9,18-23,25-26,31H,7-8,10-17H2,1-5H3/b9-6+/t19-,20?,21-,22?,23?,25?,26?,27+,28-/m1/s1. The third kappa shape index (κ3) is 3.78. The molecule has 0 aromatic heterocycles. The first kappa shape index (κ1) is 24.0. The summed E-state index contributed by atoms with van der Waals surface area (Å²) in [6.07, 6.45) is 12.8. The van der Waals surface area contributed by atoms with Crippen LogP contribution >= 0.6 is 0 Å². The Bertz CT molecular complexity index is 782. The van der Waals surface area contributed by atoms with Crippen LogP contribution in [0, 0.1) is 52.3 Å². The number of carbonyl (C=O) groups is 1. The fourth-order valence-electron chi connectivity index (χ4n) is 9.40. The lowest BCUT2D eigenvalue weighted by Crippen LogP contribution is -2.60. The molecule has 4 nitrogen and oxygen atoms in total. The topological polar surface area (TPSA) is 55.8 Å². The van der Waals surface area contributed by atoms with Crippen molar-refractivity contribution >= 4 is 5.78 Å². The minimum atomic E-state index is -0.368. The molecule has 4 aliphatic carbocycles. The van der Waals surface area contributed by atoms with Gasteiger partial charge >= 0.3 is 0 Å². The van der Waals surface area contributed by atoms with Crippen molar-refractivity contribution in [1.29, 1.82) is 0 Å². The van der Waals surface area contributed by atoms with E-state index >= 15 is 0 Å². The van der Waals surface area contributed by atoms with E-state index in [0.29, 0.717) is 40.9 Å². The third-order valence-electron chi connectivity index (χ3n) is 11.3. The van der Waals surface area contributed by atoms with E-state index in [2.05, 4.69) is 26.8 Å². The first-order valence-electron chi connectivity index (χ1n) is 13.8. The van der Waals surface area contributed by atoms with Crippen molar-refractivity contribution in [3.8, 4) is 0 Å². The van der Waals surface area contributed by atoms with E-state index in [9.17, 15) is 9.90 Å². The summed E-state index contributed by atoms with van der Waals surface area (Å²) in [5, 5.41) is 11.6. The molecular weight excluding hydrogens is 412 g/mol. The molecule has 33 heavy (non-hydrogen) atoms. The Morgan fingerprint density at radius 3 is 2.36 bits per heavy atom. The Hall–Kier alpha value is -0.710. The first-order chi connectivity index (χ1) is 15.6. The molecule has 1 saturated heterocycles. The summed E-state index contributed by atoms with van der Waals surface area (Å²) in [5.74, 6) is 3.06. The average Bonchev–Trinajstić information content (AvgIpc) is 3.37. The number of aliphatic hydroxyl groups excluding tert-OH is 1. The third-order valence-corrected chi connectivity index (χ3v) is 11.3. The molecule has 186 valence electrons. The summed E-state index contributed by atoms with van der Waals surface area (Å²) in [7, 11) is 0. The Morgan fingerprint density at radius 1 is 0.970 bits per heavy atom. The number of carbonyl (C=O) groups excluding carboxylic acids is 1. The average molecular weight is 459 g/mol. The van der Waals surface area contributed by atoms with Crippen LogP contribution in [0.1, 0.15) is 86.0 Å². The van der Waals surface area contributed by atoms with Crippen LogP contribution in [0.25, 0.3) is 0 Å². The molecule has 5 fully saturated rings. The van der Waals surface area contributed by atoms with Gasteiger partial charge < -0.3 is 14.6 Å². The molecule has 5 unspecified atom stereocenters. The monoisotopic (exact) mass is 458 g/mol. The maximum absolute atomic E-state index is 12.2. The molecule has 0 amide bonds. The fourth-order valence-corrected chi connectivity index (χ4v) is 9.40. The molecule has 1 N–H and O–H groups in total. The second-order valence-electron chi connectivity index (χ2n) is 13.1. The first-order valence-corrected chi connectivity index (χ1v) is 13.8. The van der Waals surface area contributed by atoms with Gasteiger partial charge in [0.15, 0.2) is 11.6 Å². The molecule has 9 atom stereocenters. The van der Waals surface area contributed by atoms with Gasteiger partial charge in [-0.05, 0) is 90.9 Å². The van der Waals surface area contributed by atoms with E-state index < -0.39 is 0 Å². The van der Waals surface area contributed by atoms with Crippen molar-refractivity contribution in [3.05, 3.63) is 12.2 Å². The Balaban J connectivity index is 1.35.